The second-order valence-electron chi connectivity index (χ2n) is 10.5. The number of carbonyl (C=O) groups excluding carboxylic acids is 1. The van der Waals surface area contributed by atoms with Gasteiger partial charge >= 0.3 is 5.97 Å². The lowest BCUT2D eigenvalue weighted by Crippen LogP contribution is -2.08. The third-order valence-corrected chi connectivity index (χ3v) is 7.13. The zero-order valence-corrected chi connectivity index (χ0v) is 23.9. The average Bonchev–Trinajstić information content (AvgIpc) is 2.92. The number of hydrogen-bond donors (Lipinski definition) is 0. The summed E-state index contributed by atoms with van der Waals surface area (Å²) in [6.45, 7) is 7.23. The van der Waals surface area contributed by atoms with Crippen LogP contribution in [0.4, 0.5) is 0 Å². The molecule has 1 atom stereocenters. The molecular weight excluding hydrogens is 456 g/mol. The van der Waals surface area contributed by atoms with Gasteiger partial charge in [0.2, 0.25) is 0 Å². The molecule has 0 bridgehead atoms. The molecule has 2 aromatic carbocycles. The maximum Gasteiger partial charge on any atom is 0.306 e. The van der Waals surface area contributed by atoms with Gasteiger partial charge < -0.3 is 9.47 Å². The van der Waals surface area contributed by atoms with Gasteiger partial charge in [0.1, 0.15) is 11.9 Å². The molecule has 2 aromatic rings. The SMILES string of the molecule is CCCCCCCCCCCCCC(=O)OC(C)c1ccc(-c2ccc(OCCCCCC)cc2)cc1. The Labute approximate surface area is 227 Å². The Hall–Kier alpha value is -2.29. The first-order valence-electron chi connectivity index (χ1n) is 15.2. The molecule has 0 aliphatic rings. The predicted molar refractivity (Wildman–Crippen MR) is 157 cm³/mol. The topological polar surface area (TPSA) is 35.5 Å². The summed E-state index contributed by atoms with van der Waals surface area (Å²) in [6.07, 6.45) is 19.3. The van der Waals surface area contributed by atoms with E-state index in [0.29, 0.717) is 6.42 Å². The van der Waals surface area contributed by atoms with Crippen molar-refractivity contribution in [3.05, 3.63) is 54.1 Å². The van der Waals surface area contributed by atoms with Crippen molar-refractivity contribution in [3.63, 3.8) is 0 Å². The predicted octanol–water partition coefficient (Wildman–Crippen LogP) is 10.6. The number of rotatable bonds is 21. The number of esters is 1. The summed E-state index contributed by atoms with van der Waals surface area (Å²) in [5.41, 5.74) is 3.34. The Morgan fingerprint density at radius 3 is 1.62 bits per heavy atom. The summed E-state index contributed by atoms with van der Waals surface area (Å²) in [6, 6.07) is 16.6. The minimum absolute atomic E-state index is 0.0854. The standard InChI is InChI=1S/C34H52O3/c1-4-6-8-10-11-12-13-14-15-16-17-19-34(35)37-29(3)30-20-22-31(23-21-30)32-24-26-33(27-25-32)36-28-18-9-7-5-2/h20-27,29H,4-19,28H2,1-3H3. The van der Waals surface area contributed by atoms with Crippen molar-refractivity contribution < 1.29 is 14.3 Å². The Balaban J connectivity index is 1.61. The summed E-state index contributed by atoms with van der Waals surface area (Å²) >= 11 is 0. The Bertz CT molecular complexity index is 825. The lowest BCUT2D eigenvalue weighted by molar-refractivity contribution is -0.148. The summed E-state index contributed by atoms with van der Waals surface area (Å²) in [5, 5.41) is 0. The van der Waals surface area contributed by atoms with Crippen LogP contribution < -0.4 is 4.74 Å². The van der Waals surface area contributed by atoms with Crippen molar-refractivity contribution in [2.45, 2.75) is 130 Å². The quantitative estimate of drug-likeness (QED) is 0.124. The molecule has 3 nitrogen and oxygen atoms in total. The molecule has 0 saturated carbocycles. The summed E-state index contributed by atoms with van der Waals surface area (Å²) in [4.78, 5) is 12.3. The molecule has 0 spiro atoms. The smallest absolute Gasteiger partial charge is 0.306 e. The van der Waals surface area contributed by atoms with Crippen molar-refractivity contribution >= 4 is 5.97 Å². The molecular formula is C34H52O3. The fraction of sp³-hybridized carbons (Fsp3) is 0.618. The summed E-state index contributed by atoms with van der Waals surface area (Å²) < 4.78 is 11.6. The van der Waals surface area contributed by atoms with E-state index in [1.165, 1.54) is 77.0 Å². The van der Waals surface area contributed by atoms with Gasteiger partial charge in [0.05, 0.1) is 6.61 Å². The van der Waals surface area contributed by atoms with E-state index >= 15 is 0 Å². The molecule has 0 aromatic heterocycles. The van der Waals surface area contributed by atoms with Crippen LogP contribution in [-0.2, 0) is 9.53 Å². The van der Waals surface area contributed by atoms with Gasteiger partial charge in [0, 0.05) is 6.42 Å². The second kappa shape index (κ2) is 19.8. The molecule has 0 amide bonds. The molecule has 37 heavy (non-hydrogen) atoms. The molecule has 1 unspecified atom stereocenters. The molecule has 0 aliphatic carbocycles. The van der Waals surface area contributed by atoms with Crippen LogP contribution in [0.2, 0.25) is 0 Å². The van der Waals surface area contributed by atoms with Crippen molar-refractivity contribution in [2.75, 3.05) is 6.61 Å². The van der Waals surface area contributed by atoms with Crippen LogP contribution in [0.15, 0.2) is 48.5 Å². The van der Waals surface area contributed by atoms with Crippen LogP contribution in [-0.4, -0.2) is 12.6 Å². The first-order chi connectivity index (χ1) is 18.1. The van der Waals surface area contributed by atoms with E-state index in [-0.39, 0.29) is 12.1 Å². The maximum atomic E-state index is 12.3. The molecule has 0 saturated heterocycles. The van der Waals surface area contributed by atoms with Gasteiger partial charge in [-0.05, 0) is 48.6 Å². The number of benzene rings is 2. The van der Waals surface area contributed by atoms with Gasteiger partial charge in [-0.25, -0.2) is 0 Å². The van der Waals surface area contributed by atoms with E-state index < -0.39 is 0 Å². The van der Waals surface area contributed by atoms with Crippen LogP contribution >= 0.6 is 0 Å². The van der Waals surface area contributed by atoms with Gasteiger partial charge in [0.15, 0.2) is 0 Å². The number of hydrogen-bond acceptors (Lipinski definition) is 3. The maximum absolute atomic E-state index is 12.3. The molecule has 0 aliphatic heterocycles. The fourth-order valence-electron chi connectivity index (χ4n) is 4.67. The van der Waals surface area contributed by atoms with Crippen LogP contribution in [0.1, 0.15) is 135 Å². The van der Waals surface area contributed by atoms with Gasteiger partial charge in [0.25, 0.3) is 0 Å². The molecule has 3 heteroatoms. The lowest BCUT2D eigenvalue weighted by atomic mass is 10.0. The number of ether oxygens (including phenoxy) is 2. The lowest BCUT2D eigenvalue weighted by Gasteiger charge is -2.14. The third kappa shape index (κ3) is 13.7. The minimum Gasteiger partial charge on any atom is -0.494 e. The van der Waals surface area contributed by atoms with Crippen molar-refractivity contribution in [3.8, 4) is 16.9 Å². The molecule has 0 heterocycles. The number of carbonyl (C=O) groups is 1. The monoisotopic (exact) mass is 508 g/mol. The summed E-state index contributed by atoms with van der Waals surface area (Å²) in [5.74, 6) is 0.841. The first-order valence-corrected chi connectivity index (χ1v) is 15.2. The molecule has 206 valence electrons. The number of unbranched alkanes of at least 4 members (excludes halogenated alkanes) is 13. The Kier molecular flexibility index (Phi) is 16.5. The van der Waals surface area contributed by atoms with Gasteiger partial charge in [-0.3, -0.25) is 4.79 Å². The highest BCUT2D eigenvalue weighted by atomic mass is 16.5. The van der Waals surface area contributed by atoms with Crippen molar-refractivity contribution in [2.24, 2.45) is 0 Å². The van der Waals surface area contributed by atoms with E-state index in [1.807, 2.05) is 19.1 Å². The van der Waals surface area contributed by atoms with E-state index in [0.717, 1.165) is 48.3 Å². The Morgan fingerprint density at radius 1 is 0.622 bits per heavy atom. The molecule has 0 N–H and O–H groups in total. The van der Waals surface area contributed by atoms with E-state index in [9.17, 15) is 4.79 Å². The van der Waals surface area contributed by atoms with E-state index in [2.05, 4.69) is 50.2 Å². The molecule has 0 radical (unpaired) electrons. The van der Waals surface area contributed by atoms with E-state index in [4.69, 9.17) is 9.47 Å². The summed E-state index contributed by atoms with van der Waals surface area (Å²) in [7, 11) is 0. The third-order valence-electron chi connectivity index (χ3n) is 7.13. The first kappa shape index (κ1) is 30.9. The van der Waals surface area contributed by atoms with Gasteiger partial charge in [-0.2, -0.15) is 0 Å². The van der Waals surface area contributed by atoms with Crippen LogP contribution in [0, 0.1) is 0 Å². The zero-order chi connectivity index (χ0) is 26.6. The zero-order valence-electron chi connectivity index (χ0n) is 23.9. The second-order valence-corrected chi connectivity index (χ2v) is 10.5. The fourth-order valence-corrected chi connectivity index (χ4v) is 4.67. The van der Waals surface area contributed by atoms with Crippen molar-refractivity contribution in [1.82, 2.24) is 0 Å². The average molecular weight is 509 g/mol. The van der Waals surface area contributed by atoms with Gasteiger partial charge in [-0.1, -0.05) is 134 Å². The highest BCUT2D eigenvalue weighted by Crippen LogP contribution is 2.26. The van der Waals surface area contributed by atoms with Crippen LogP contribution in [0.25, 0.3) is 11.1 Å². The Morgan fingerprint density at radius 2 is 1.08 bits per heavy atom. The minimum atomic E-state index is -0.224. The normalized spacial score (nSPS) is 11.9. The molecule has 0 fully saturated rings. The highest BCUT2D eigenvalue weighted by molar-refractivity contribution is 5.70. The van der Waals surface area contributed by atoms with Crippen LogP contribution in [0.3, 0.4) is 0 Å². The molecule has 2 rings (SSSR count). The van der Waals surface area contributed by atoms with E-state index in [1.54, 1.807) is 0 Å². The highest BCUT2D eigenvalue weighted by Gasteiger charge is 2.12. The van der Waals surface area contributed by atoms with Gasteiger partial charge in [-0.15, -0.1) is 0 Å². The largest absolute Gasteiger partial charge is 0.494 e. The van der Waals surface area contributed by atoms with Crippen LogP contribution in [0.5, 0.6) is 5.75 Å². The van der Waals surface area contributed by atoms with Crippen molar-refractivity contribution in [1.29, 1.82) is 0 Å².